The van der Waals surface area contributed by atoms with Crippen LogP contribution in [0.2, 0.25) is 0 Å². The van der Waals surface area contributed by atoms with Crippen LogP contribution in [0.15, 0.2) is 53.0 Å². The molecule has 2 aromatic rings. The summed E-state index contributed by atoms with van der Waals surface area (Å²) in [6.45, 7) is 0. The Bertz CT molecular complexity index is 614. The maximum Gasteiger partial charge on any atom is 0.193 e. The number of hydrogen-bond acceptors (Lipinski definition) is 2. The van der Waals surface area contributed by atoms with Crippen LogP contribution in [0.1, 0.15) is 21.5 Å². The van der Waals surface area contributed by atoms with Crippen molar-refractivity contribution in [3.8, 4) is 6.07 Å². The van der Waals surface area contributed by atoms with Gasteiger partial charge in [0.2, 0.25) is 0 Å². The Hall–Kier alpha value is -1.92. The van der Waals surface area contributed by atoms with Gasteiger partial charge in [-0.25, -0.2) is 0 Å². The number of carbonyl (C=O) groups is 1. The van der Waals surface area contributed by atoms with Gasteiger partial charge in [-0.1, -0.05) is 58.4 Å². The highest BCUT2D eigenvalue weighted by Gasteiger charge is 2.10. The summed E-state index contributed by atoms with van der Waals surface area (Å²) < 4.78 is 0.797. The Balaban J connectivity index is 2.33. The van der Waals surface area contributed by atoms with Crippen LogP contribution >= 0.6 is 15.9 Å². The third-order valence-corrected chi connectivity index (χ3v) is 3.36. The van der Waals surface area contributed by atoms with Crippen molar-refractivity contribution in [3.05, 3.63) is 69.7 Å². The van der Waals surface area contributed by atoms with Crippen LogP contribution in [0.3, 0.4) is 0 Å². The minimum absolute atomic E-state index is 0.0141. The highest BCUT2D eigenvalue weighted by molar-refractivity contribution is 9.10. The third-order valence-electron chi connectivity index (χ3n) is 2.62. The van der Waals surface area contributed by atoms with Crippen LogP contribution in [-0.4, -0.2) is 5.78 Å². The van der Waals surface area contributed by atoms with Gasteiger partial charge >= 0.3 is 0 Å². The second-order valence-electron chi connectivity index (χ2n) is 3.84. The van der Waals surface area contributed by atoms with Gasteiger partial charge in [-0.15, -0.1) is 0 Å². The molecule has 0 bridgehead atoms. The highest BCUT2D eigenvalue weighted by Crippen LogP contribution is 2.21. The number of halogens is 1. The van der Waals surface area contributed by atoms with Gasteiger partial charge in [-0.05, 0) is 11.6 Å². The number of carbonyl (C=O) groups excluding carboxylic acids is 1. The monoisotopic (exact) mass is 299 g/mol. The molecule has 0 saturated carbocycles. The molecule has 2 nitrogen and oxygen atoms in total. The normalized spacial score (nSPS) is 9.78. The van der Waals surface area contributed by atoms with Crippen molar-refractivity contribution in [1.29, 1.82) is 5.26 Å². The molecule has 0 radical (unpaired) electrons. The van der Waals surface area contributed by atoms with Gasteiger partial charge in [0.15, 0.2) is 5.78 Å². The van der Waals surface area contributed by atoms with Crippen molar-refractivity contribution in [2.24, 2.45) is 0 Å². The lowest BCUT2D eigenvalue weighted by Crippen LogP contribution is -2.01. The Morgan fingerprint density at radius 2 is 1.83 bits per heavy atom. The van der Waals surface area contributed by atoms with E-state index in [1.807, 2.05) is 24.3 Å². The average molecular weight is 300 g/mol. The van der Waals surface area contributed by atoms with Gasteiger partial charge in [-0.2, -0.15) is 5.26 Å². The summed E-state index contributed by atoms with van der Waals surface area (Å²) >= 11 is 3.39. The van der Waals surface area contributed by atoms with Crippen molar-refractivity contribution in [2.75, 3.05) is 0 Å². The maximum atomic E-state index is 12.2. The second-order valence-corrected chi connectivity index (χ2v) is 4.69. The molecule has 0 aliphatic heterocycles. The van der Waals surface area contributed by atoms with Gasteiger partial charge in [0.05, 0.1) is 12.5 Å². The summed E-state index contributed by atoms with van der Waals surface area (Å²) in [5.41, 5.74) is 2.18. The molecule has 0 amide bonds. The molecule has 0 spiro atoms. The zero-order valence-electron chi connectivity index (χ0n) is 9.56. The molecule has 2 aromatic carbocycles. The molecule has 88 valence electrons. The van der Waals surface area contributed by atoms with E-state index in [0.29, 0.717) is 17.5 Å². The lowest BCUT2D eigenvalue weighted by atomic mass is 10.0. The lowest BCUT2D eigenvalue weighted by molar-refractivity contribution is 0.103. The molecule has 0 fully saturated rings. The van der Waals surface area contributed by atoms with Crippen LogP contribution in [0, 0.1) is 11.3 Å². The maximum absolute atomic E-state index is 12.2. The number of nitriles is 1. The Kier molecular flexibility index (Phi) is 3.91. The molecule has 18 heavy (non-hydrogen) atoms. The van der Waals surface area contributed by atoms with Gasteiger partial charge < -0.3 is 0 Å². The number of benzene rings is 2. The van der Waals surface area contributed by atoms with Crippen molar-refractivity contribution >= 4 is 21.7 Å². The van der Waals surface area contributed by atoms with Crippen molar-refractivity contribution in [1.82, 2.24) is 0 Å². The lowest BCUT2D eigenvalue weighted by Gasteiger charge is -2.04. The summed E-state index contributed by atoms with van der Waals surface area (Å²) in [7, 11) is 0. The summed E-state index contributed by atoms with van der Waals surface area (Å²) in [5, 5.41) is 8.66. The number of ketones is 1. The molecule has 2 rings (SSSR count). The first-order valence-corrected chi connectivity index (χ1v) is 6.27. The predicted molar refractivity (Wildman–Crippen MR) is 73.3 cm³/mol. The van der Waals surface area contributed by atoms with Crippen LogP contribution < -0.4 is 0 Å². The first-order valence-electron chi connectivity index (χ1n) is 5.47. The fourth-order valence-electron chi connectivity index (χ4n) is 1.67. The molecular weight excluding hydrogens is 290 g/mol. The molecular formula is C15H10BrNO. The van der Waals surface area contributed by atoms with E-state index in [0.717, 1.165) is 10.0 Å². The molecule has 0 aliphatic rings. The van der Waals surface area contributed by atoms with E-state index in [1.165, 1.54) is 0 Å². The van der Waals surface area contributed by atoms with Gasteiger partial charge in [-0.3, -0.25) is 4.79 Å². The van der Waals surface area contributed by atoms with E-state index in [4.69, 9.17) is 5.26 Å². The van der Waals surface area contributed by atoms with E-state index >= 15 is 0 Å². The van der Waals surface area contributed by atoms with Crippen LogP contribution in [0.4, 0.5) is 0 Å². The Morgan fingerprint density at radius 3 is 2.44 bits per heavy atom. The van der Waals surface area contributed by atoms with Crippen LogP contribution in [-0.2, 0) is 6.42 Å². The molecule has 0 N–H and O–H groups in total. The standard InChI is InChI=1S/C15H10BrNO/c16-14-10-13(7-6-11(14)8-9-17)15(18)12-4-2-1-3-5-12/h1-7,10H,8H2. The summed E-state index contributed by atoms with van der Waals surface area (Å²) in [4.78, 5) is 12.2. The van der Waals surface area contributed by atoms with E-state index in [1.54, 1.807) is 24.3 Å². The summed E-state index contributed by atoms with van der Waals surface area (Å²) in [6, 6.07) is 16.6. The molecule has 0 aromatic heterocycles. The minimum atomic E-state index is -0.0141. The molecule has 0 aliphatic carbocycles. The van der Waals surface area contributed by atoms with E-state index in [2.05, 4.69) is 22.0 Å². The van der Waals surface area contributed by atoms with E-state index in [9.17, 15) is 4.79 Å². The topological polar surface area (TPSA) is 40.9 Å². The van der Waals surface area contributed by atoms with E-state index < -0.39 is 0 Å². The van der Waals surface area contributed by atoms with Crippen molar-refractivity contribution in [3.63, 3.8) is 0 Å². The second kappa shape index (κ2) is 5.61. The first kappa shape index (κ1) is 12.5. The Morgan fingerprint density at radius 1 is 1.11 bits per heavy atom. The predicted octanol–water partition coefficient (Wildman–Crippen LogP) is 3.75. The summed E-state index contributed by atoms with van der Waals surface area (Å²) in [5.74, 6) is -0.0141. The highest BCUT2D eigenvalue weighted by atomic mass is 79.9. The molecule has 0 saturated heterocycles. The first-order chi connectivity index (χ1) is 8.72. The fourth-order valence-corrected chi connectivity index (χ4v) is 2.19. The quantitative estimate of drug-likeness (QED) is 0.810. The zero-order valence-corrected chi connectivity index (χ0v) is 11.1. The molecule has 0 unspecified atom stereocenters. The van der Waals surface area contributed by atoms with E-state index in [-0.39, 0.29) is 5.78 Å². The average Bonchev–Trinajstić information content (AvgIpc) is 2.41. The molecule has 0 heterocycles. The molecule has 3 heteroatoms. The smallest absolute Gasteiger partial charge is 0.193 e. The molecule has 0 atom stereocenters. The van der Waals surface area contributed by atoms with Gasteiger partial charge in [0.1, 0.15) is 0 Å². The third kappa shape index (κ3) is 2.66. The number of rotatable bonds is 3. The van der Waals surface area contributed by atoms with Crippen molar-refractivity contribution < 1.29 is 4.79 Å². The van der Waals surface area contributed by atoms with Crippen LogP contribution in [0.5, 0.6) is 0 Å². The largest absolute Gasteiger partial charge is 0.289 e. The number of hydrogen-bond donors (Lipinski definition) is 0. The number of nitrogens with zero attached hydrogens (tertiary/aromatic N) is 1. The fraction of sp³-hybridized carbons (Fsp3) is 0.0667. The SMILES string of the molecule is N#CCc1ccc(C(=O)c2ccccc2)cc1Br. The summed E-state index contributed by atoms with van der Waals surface area (Å²) in [6.07, 6.45) is 0.334. The van der Waals surface area contributed by atoms with Crippen molar-refractivity contribution in [2.45, 2.75) is 6.42 Å². The minimum Gasteiger partial charge on any atom is -0.289 e. The van der Waals surface area contributed by atoms with Crippen LogP contribution in [0.25, 0.3) is 0 Å². The van der Waals surface area contributed by atoms with Gasteiger partial charge in [0, 0.05) is 15.6 Å². The zero-order chi connectivity index (χ0) is 13.0. The Labute approximate surface area is 114 Å². The van der Waals surface area contributed by atoms with Gasteiger partial charge in [0.25, 0.3) is 0 Å².